The van der Waals surface area contributed by atoms with E-state index >= 15 is 0 Å². The maximum Gasteiger partial charge on any atom is 0.0705 e. The molecule has 0 atom stereocenters. The van der Waals surface area contributed by atoms with Crippen LogP contribution in [0.4, 0.5) is 0 Å². The Hall–Kier alpha value is -2.22. The Bertz CT molecular complexity index is 836. The van der Waals surface area contributed by atoms with E-state index in [0.29, 0.717) is 0 Å². The van der Waals surface area contributed by atoms with E-state index in [4.69, 9.17) is 0 Å². The van der Waals surface area contributed by atoms with Crippen LogP contribution in [0.1, 0.15) is 66.1 Å². The van der Waals surface area contributed by atoms with E-state index in [1.165, 1.54) is 5.39 Å². The molecule has 0 bridgehead atoms. The Balaban J connectivity index is 0.000000258. The molecule has 1 aromatic carbocycles. The van der Waals surface area contributed by atoms with Crippen molar-refractivity contribution < 1.29 is 0 Å². The van der Waals surface area contributed by atoms with Crippen LogP contribution in [0.15, 0.2) is 54.6 Å². The molecule has 0 saturated carbocycles. The van der Waals surface area contributed by atoms with Gasteiger partial charge in [0.15, 0.2) is 0 Å². The van der Waals surface area contributed by atoms with Gasteiger partial charge in [-0.3, -0.25) is 9.97 Å². The minimum Gasteiger partial charge on any atom is -0.258 e. The molecule has 0 aliphatic heterocycles. The highest BCUT2D eigenvalue weighted by atomic mass is 14.7. The molecule has 0 saturated heterocycles. The number of rotatable bonds is 0. The lowest BCUT2D eigenvalue weighted by molar-refractivity contribution is 0.567. The zero-order valence-corrected chi connectivity index (χ0v) is 16.6. The summed E-state index contributed by atoms with van der Waals surface area (Å²) in [7, 11) is 0. The standard InChI is InChI=1S/C13H15N.C10H15N.CH4/c1-13(2,3)12-9-8-10-6-4-5-7-11(10)14-12;1-8-6-5-7-9(11-8)10(2,3)4;/h4-9H,1-3H3;5-7H,1-4H3;1H4. The van der Waals surface area contributed by atoms with E-state index in [9.17, 15) is 0 Å². The minimum atomic E-state index is 0. The molecule has 0 unspecified atom stereocenters. The average Bonchev–Trinajstić information content (AvgIpc) is 2.53. The molecule has 0 amide bonds. The third-order valence-corrected chi connectivity index (χ3v) is 4.02. The van der Waals surface area contributed by atoms with E-state index in [2.05, 4.69) is 87.9 Å². The number of hydrogen-bond donors (Lipinski definition) is 0. The van der Waals surface area contributed by atoms with Gasteiger partial charge in [-0.25, -0.2) is 0 Å². The number of aryl methyl sites for hydroxylation is 1. The highest BCUT2D eigenvalue weighted by Crippen LogP contribution is 2.22. The predicted molar refractivity (Wildman–Crippen MR) is 115 cm³/mol. The molecule has 0 aliphatic rings. The SMILES string of the molecule is C.CC(C)(C)c1ccc2ccccc2n1.Cc1cccc(C(C)(C)C)n1. The van der Waals surface area contributed by atoms with Crippen LogP contribution in [-0.2, 0) is 10.8 Å². The van der Waals surface area contributed by atoms with Crippen molar-refractivity contribution in [3.63, 3.8) is 0 Å². The summed E-state index contributed by atoms with van der Waals surface area (Å²) in [6.45, 7) is 15.1. The molecule has 2 heteroatoms. The van der Waals surface area contributed by atoms with E-state index in [1.54, 1.807) is 0 Å². The van der Waals surface area contributed by atoms with Crippen LogP contribution in [0.3, 0.4) is 0 Å². The van der Waals surface area contributed by atoms with Gasteiger partial charge in [0, 0.05) is 33.3 Å². The van der Waals surface area contributed by atoms with Crippen LogP contribution in [-0.4, -0.2) is 9.97 Å². The predicted octanol–water partition coefficient (Wildman–Crippen LogP) is 6.86. The van der Waals surface area contributed by atoms with E-state index in [0.717, 1.165) is 22.6 Å². The number of benzene rings is 1. The summed E-state index contributed by atoms with van der Waals surface area (Å²) in [6, 6.07) is 18.6. The van der Waals surface area contributed by atoms with Crippen LogP contribution in [0, 0.1) is 6.92 Å². The number of aromatic nitrogens is 2. The van der Waals surface area contributed by atoms with Crippen LogP contribution < -0.4 is 0 Å². The molecule has 0 spiro atoms. The monoisotopic (exact) mass is 350 g/mol. The van der Waals surface area contributed by atoms with Crippen molar-refractivity contribution in [3.05, 3.63) is 71.7 Å². The Morgan fingerprint density at radius 2 is 1.19 bits per heavy atom. The average molecular weight is 351 g/mol. The van der Waals surface area contributed by atoms with Crippen molar-refractivity contribution in [2.24, 2.45) is 0 Å². The van der Waals surface area contributed by atoms with Crippen LogP contribution in [0.5, 0.6) is 0 Å². The van der Waals surface area contributed by atoms with Gasteiger partial charge in [-0.1, -0.05) is 79.3 Å². The molecule has 0 radical (unpaired) electrons. The molecule has 2 nitrogen and oxygen atoms in total. The van der Waals surface area contributed by atoms with Crippen LogP contribution in [0.25, 0.3) is 10.9 Å². The van der Waals surface area contributed by atoms with Gasteiger partial charge in [-0.15, -0.1) is 0 Å². The van der Waals surface area contributed by atoms with E-state index in [1.807, 2.05) is 25.1 Å². The lowest BCUT2D eigenvalue weighted by Crippen LogP contribution is -2.13. The van der Waals surface area contributed by atoms with Gasteiger partial charge in [0.25, 0.3) is 0 Å². The second kappa shape index (κ2) is 8.44. The molecule has 3 aromatic rings. The lowest BCUT2D eigenvalue weighted by atomic mass is 9.91. The quantitative estimate of drug-likeness (QED) is 0.443. The topological polar surface area (TPSA) is 25.8 Å². The van der Waals surface area contributed by atoms with Crippen molar-refractivity contribution in [2.75, 3.05) is 0 Å². The first-order valence-electron chi connectivity index (χ1n) is 8.88. The fraction of sp³-hybridized carbons (Fsp3) is 0.417. The lowest BCUT2D eigenvalue weighted by Gasteiger charge is -2.17. The summed E-state index contributed by atoms with van der Waals surface area (Å²) in [5, 5.41) is 1.21. The van der Waals surface area contributed by atoms with Gasteiger partial charge < -0.3 is 0 Å². The third-order valence-electron chi connectivity index (χ3n) is 4.02. The maximum atomic E-state index is 4.65. The normalized spacial score (nSPS) is 11.3. The second-order valence-corrected chi connectivity index (χ2v) is 8.55. The van der Waals surface area contributed by atoms with E-state index in [-0.39, 0.29) is 18.3 Å². The third kappa shape index (κ3) is 5.94. The minimum absolute atomic E-state index is 0. The first-order valence-corrected chi connectivity index (χ1v) is 8.88. The summed E-state index contributed by atoms with van der Waals surface area (Å²) < 4.78 is 0. The molecule has 0 aliphatic carbocycles. The Labute approximate surface area is 159 Å². The number of para-hydroxylation sites is 1. The molecule has 0 N–H and O–H groups in total. The first kappa shape index (κ1) is 21.8. The number of fused-ring (bicyclic) bond motifs is 1. The fourth-order valence-corrected chi connectivity index (χ4v) is 2.44. The van der Waals surface area contributed by atoms with E-state index < -0.39 is 0 Å². The molecule has 140 valence electrons. The Morgan fingerprint density at radius 3 is 1.73 bits per heavy atom. The van der Waals surface area contributed by atoms with Crippen LogP contribution in [0.2, 0.25) is 0 Å². The van der Waals surface area contributed by atoms with Gasteiger partial charge in [0.05, 0.1) is 5.52 Å². The van der Waals surface area contributed by atoms with Crippen LogP contribution >= 0.6 is 0 Å². The van der Waals surface area contributed by atoms with Crippen molar-refractivity contribution in [1.82, 2.24) is 9.97 Å². The number of pyridine rings is 2. The van der Waals surface area contributed by atoms with Crippen molar-refractivity contribution in [2.45, 2.75) is 66.7 Å². The molecule has 26 heavy (non-hydrogen) atoms. The number of hydrogen-bond acceptors (Lipinski definition) is 2. The zero-order valence-electron chi connectivity index (χ0n) is 16.6. The fourth-order valence-electron chi connectivity index (χ4n) is 2.44. The highest BCUT2D eigenvalue weighted by Gasteiger charge is 2.15. The zero-order chi connectivity index (χ0) is 18.7. The molecule has 0 fully saturated rings. The van der Waals surface area contributed by atoms with Gasteiger partial charge >= 0.3 is 0 Å². The molecular formula is C24H34N2. The Morgan fingerprint density at radius 1 is 0.615 bits per heavy atom. The van der Waals surface area contributed by atoms with Gasteiger partial charge in [0.2, 0.25) is 0 Å². The van der Waals surface area contributed by atoms with Crippen molar-refractivity contribution >= 4 is 10.9 Å². The summed E-state index contributed by atoms with van der Waals surface area (Å²) in [6.07, 6.45) is 0. The number of nitrogens with zero attached hydrogens (tertiary/aromatic N) is 2. The second-order valence-electron chi connectivity index (χ2n) is 8.55. The molecule has 3 rings (SSSR count). The summed E-state index contributed by atoms with van der Waals surface area (Å²) in [5.41, 5.74) is 4.79. The summed E-state index contributed by atoms with van der Waals surface area (Å²) in [5.74, 6) is 0. The molecule has 2 aromatic heterocycles. The maximum absolute atomic E-state index is 4.65. The largest absolute Gasteiger partial charge is 0.258 e. The molecule has 2 heterocycles. The van der Waals surface area contributed by atoms with Crippen molar-refractivity contribution in [3.8, 4) is 0 Å². The summed E-state index contributed by atoms with van der Waals surface area (Å²) in [4.78, 5) is 9.09. The summed E-state index contributed by atoms with van der Waals surface area (Å²) >= 11 is 0. The first-order chi connectivity index (χ1) is 11.6. The smallest absolute Gasteiger partial charge is 0.0705 e. The molecular weight excluding hydrogens is 316 g/mol. The highest BCUT2D eigenvalue weighted by molar-refractivity contribution is 5.78. The van der Waals surface area contributed by atoms with Gasteiger partial charge in [0.1, 0.15) is 0 Å². The van der Waals surface area contributed by atoms with Gasteiger partial charge in [-0.05, 0) is 31.2 Å². The Kier molecular flexibility index (Phi) is 7.08. The van der Waals surface area contributed by atoms with Gasteiger partial charge in [-0.2, -0.15) is 0 Å². The van der Waals surface area contributed by atoms with Crippen molar-refractivity contribution in [1.29, 1.82) is 0 Å².